The van der Waals surface area contributed by atoms with Crippen molar-refractivity contribution < 1.29 is 4.74 Å². The van der Waals surface area contributed by atoms with Crippen molar-refractivity contribution in [1.82, 2.24) is 4.90 Å². The van der Waals surface area contributed by atoms with Gasteiger partial charge < -0.3 is 15.4 Å². The maximum atomic E-state index is 5.80. The van der Waals surface area contributed by atoms with E-state index >= 15 is 0 Å². The number of likely N-dealkylation sites (N-methyl/N-ethyl adjacent to an activating group) is 1. The standard InChI is InChI=1S/C14H24N2O/c1-10-6-13(9-16(4)8-12(3)15)14(17-5)7-11(10)2/h6-7,12H,8-9,15H2,1-5H3. The zero-order chi connectivity index (χ0) is 13.0. The van der Waals surface area contributed by atoms with Gasteiger partial charge in [0.15, 0.2) is 0 Å². The molecule has 1 rings (SSSR count). The second-order valence-corrected chi connectivity index (χ2v) is 4.92. The van der Waals surface area contributed by atoms with E-state index in [9.17, 15) is 0 Å². The Labute approximate surface area is 105 Å². The molecule has 1 aromatic rings. The van der Waals surface area contributed by atoms with E-state index in [0.29, 0.717) is 0 Å². The average molecular weight is 236 g/mol. The van der Waals surface area contributed by atoms with Crippen LogP contribution in [0.2, 0.25) is 0 Å². The SMILES string of the molecule is COc1cc(C)c(C)cc1CN(C)CC(C)N. The summed E-state index contributed by atoms with van der Waals surface area (Å²) in [5.41, 5.74) is 9.58. The first-order valence-electron chi connectivity index (χ1n) is 6.02. The van der Waals surface area contributed by atoms with E-state index in [-0.39, 0.29) is 6.04 Å². The largest absolute Gasteiger partial charge is 0.496 e. The summed E-state index contributed by atoms with van der Waals surface area (Å²) in [6, 6.07) is 4.49. The number of hydrogen-bond acceptors (Lipinski definition) is 3. The normalized spacial score (nSPS) is 12.9. The molecule has 0 aromatic heterocycles. The predicted octanol–water partition coefficient (Wildman–Crippen LogP) is 2.09. The van der Waals surface area contributed by atoms with E-state index in [4.69, 9.17) is 10.5 Å². The smallest absolute Gasteiger partial charge is 0.123 e. The fraction of sp³-hybridized carbons (Fsp3) is 0.571. The molecule has 0 heterocycles. The van der Waals surface area contributed by atoms with Crippen LogP contribution in [0.3, 0.4) is 0 Å². The van der Waals surface area contributed by atoms with Crippen LogP contribution in [0.25, 0.3) is 0 Å². The van der Waals surface area contributed by atoms with Crippen LogP contribution in [-0.2, 0) is 6.54 Å². The second kappa shape index (κ2) is 6.03. The quantitative estimate of drug-likeness (QED) is 0.851. The zero-order valence-corrected chi connectivity index (χ0v) is 11.6. The summed E-state index contributed by atoms with van der Waals surface area (Å²) in [6.45, 7) is 8.01. The summed E-state index contributed by atoms with van der Waals surface area (Å²) in [5, 5.41) is 0. The Morgan fingerprint density at radius 3 is 2.41 bits per heavy atom. The maximum Gasteiger partial charge on any atom is 0.123 e. The van der Waals surface area contributed by atoms with Crippen molar-refractivity contribution >= 4 is 0 Å². The minimum atomic E-state index is 0.192. The van der Waals surface area contributed by atoms with Crippen molar-refractivity contribution in [2.24, 2.45) is 5.73 Å². The van der Waals surface area contributed by atoms with Crippen molar-refractivity contribution in [3.8, 4) is 5.75 Å². The third-order valence-electron chi connectivity index (χ3n) is 2.94. The van der Waals surface area contributed by atoms with Crippen molar-refractivity contribution in [2.75, 3.05) is 20.7 Å². The van der Waals surface area contributed by atoms with Gasteiger partial charge in [-0.3, -0.25) is 0 Å². The molecule has 0 aliphatic rings. The van der Waals surface area contributed by atoms with Gasteiger partial charge in [0, 0.05) is 24.7 Å². The van der Waals surface area contributed by atoms with Gasteiger partial charge in [-0.2, -0.15) is 0 Å². The lowest BCUT2D eigenvalue weighted by Crippen LogP contribution is -2.32. The number of benzene rings is 1. The Kier molecular flexibility index (Phi) is 4.97. The first kappa shape index (κ1) is 14.0. The Morgan fingerprint density at radius 2 is 1.88 bits per heavy atom. The minimum Gasteiger partial charge on any atom is -0.496 e. The van der Waals surface area contributed by atoms with Gasteiger partial charge in [0.2, 0.25) is 0 Å². The summed E-state index contributed by atoms with van der Waals surface area (Å²) >= 11 is 0. The van der Waals surface area contributed by atoms with Crippen molar-refractivity contribution in [3.05, 3.63) is 28.8 Å². The summed E-state index contributed by atoms with van der Waals surface area (Å²) in [6.07, 6.45) is 0. The first-order valence-corrected chi connectivity index (χ1v) is 6.02. The van der Waals surface area contributed by atoms with Crippen LogP contribution in [0.5, 0.6) is 5.75 Å². The Hall–Kier alpha value is -1.06. The Morgan fingerprint density at radius 1 is 1.29 bits per heavy atom. The number of rotatable bonds is 5. The Balaban J connectivity index is 2.86. The molecule has 0 aliphatic carbocycles. The molecule has 0 aliphatic heterocycles. The number of nitrogens with two attached hydrogens (primary N) is 1. The molecular weight excluding hydrogens is 212 g/mol. The molecule has 0 spiro atoms. The van der Waals surface area contributed by atoms with E-state index < -0.39 is 0 Å². The van der Waals surface area contributed by atoms with Crippen LogP contribution >= 0.6 is 0 Å². The van der Waals surface area contributed by atoms with Gasteiger partial charge in [0.05, 0.1) is 7.11 Å². The summed E-state index contributed by atoms with van der Waals surface area (Å²) < 4.78 is 5.43. The van der Waals surface area contributed by atoms with Crippen molar-refractivity contribution in [1.29, 1.82) is 0 Å². The molecule has 0 saturated carbocycles. The summed E-state index contributed by atoms with van der Waals surface area (Å²) in [4.78, 5) is 2.22. The monoisotopic (exact) mass is 236 g/mol. The van der Waals surface area contributed by atoms with Crippen LogP contribution in [0, 0.1) is 13.8 Å². The van der Waals surface area contributed by atoms with E-state index in [1.165, 1.54) is 16.7 Å². The zero-order valence-electron chi connectivity index (χ0n) is 11.6. The van der Waals surface area contributed by atoms with Crippen LogP contribution in [0.1, 0.15) is 23.6 Å². The van der Waals surface area contributed by atoms with E-state index in [1.54, 1.807) is 7.11 Å². The van der Waals surface area contributed by atoms with Crippen LogP contribution in [0.15, 0.2) is 12.1 Å². The lowest BCUT2D eigenvalue weighted by atomic mass is 10.0. The van der Waals surface area contributed by atoms with Gasteiger partial charge in [-0.15, -0.1) is 0 Å². The molecule has 2 N–H and O–H groups in total. The molecule has 0 fully saturated rings. The van der Waals surface area contributed by atoms with Crippen molar-refractivity contribution in [3.63, 3.8) is 0 Å². The molecule has 1 unspecified atom stereocenters. The van der Waals surface area contributed by atoms with Crippen LogP contribution in [0.4, 0.5) is 0 Å². The predicted molar refractivity (Wildman–Crippen MR) is 72.5 cm³/mol. The van der Waals surface area contributed by atoms with Gasteiger partial charge in [0.25, 0.3) is 0 Å². The van der Waals surface area contributed by atoms with Crippen LogP contribution < -0.4 is 10.5 Å². The molecule has 0 saturated heterocycles. The maximum absolute atomic E-state index is 5.80. The fourth-order valence-electron chi connectivity index (χ4n) is 2.01. The third-order valence-corrected chi connectivity index (χ3v) is 2.94. The van der Waals surface area contributed by atoms with Gasteiger partial charge in [0.1, 0.15) is 5.75 Å². The molecule has 96 valence electrons. The highest BCUT2D eigenvalue weighted by Gasteiger charge is 2.09. The molecule has 0 radical (unpaired) electrons. The molecule has 17 heavy (non-hydrogen) atoms. The van der Waals surface area contributed by atoms with Gasteiger partial charge >= 0.3 is 0 Å². The van der Waals surface area contributed by atoms with Gasteiger partial charge in [-0.05, 0) is 45.0 Å². The van der Waals surface area contributed by atoms with Gasteiger partial charge in [-0.25, -0.2) is 0 Å². The van der Waals surface area contributed by atoms with E-state index in [2.05, 4.69) is 37.9 Å². The molecule has 0 bridgehead atoms. The highest BCUT2D eigenvalue weighted by Crippen LogP contribution is 2.24. The topological polar surface area (TPSA) is 38.5 Å². The van der Waals surface area contributed by atoms with Crippen LogP contribution in [-0.4, -0.2) is 31.6 Å². The number of nitrogens with zero attached hydrogens (tertiary/aromatic N) is 1. The second-order valence-electron chi connectivity index (χ2n) is 4.92. The summed E-state index contributed by atoms with van der Waals surface area (Å²) in [5.74, 6) is 0.963. The first-order chi connectivity index (χ1) is 7.93. The fourth-order valence-corrected chi connectivity index (χ4v) is 2.01. The van der Waals surface area contributed by atoms with E-state index in [1.807, 2.05) is 6.92 Å². The Bertz CT molecular complexity index is 375. The highest BCUT2D eigenvalue weighted by molar-refractivity contribution is 5.41. The van der Waals surface area contributed by atoms with Gasteiger partial charge in [-0.1, -0.05) is 6.07 Å². The number of ether oxygens (including phenoxy) is 1. The number of hydrogen-bond donors (Lipinski definition) is 1. The molecule has 0 amide bonds. The molecule has 3 heteroatoms. The molecule has 3 nitrogen and oxygen atoms in total. The lowest BCUT2D eigenvalue weighted by Gasteiger charge is -2.21. The molecule has 1 atom stereocenters. The highest BCUT2D eigenvalue weighted by atomic mass is 16.5. The van der Waals surface area contributed by atoms with E-state index in [0.717, 1.165) is 18.8 Å². The lowest BCUT2D eigenvalue weighted by molar-refractivity contribution is 0.302. The third kappa shape index (κ3) is 4.02. The average Bonchev–Trinajstić information content (AvgIpc) is 2.21. The number of methoxy groups -OCH3 is 1. The minimum absolute atomic E-state index is 0.192. The summed E-state index contributed by atoms with van der Waals surface area (Å²) in [7, 11) is 3.80. The molecule has 1 aromatic carbocycles. The molecular formula is C14H24N2O. The van der Waals surface area contributed by atoms with Crippen molar-refractivity contribution in [2.45, 2.75) is 33.4 Å². The number of aryl methyl sites for hydroxylation is 2.